The zero-order chi connectivity index (χ0) is 18.4. The second kappa shape index (κ2) is 9.40. The Bertz CT molecular complexity index is 542. The molecule has 2 rings (SSSR count). The van der Waals surface area contributed by atoms with Crippen molar-refractivity contribution < 1.29 is 20.1 Å². The van der Waals surface area contributed by atoms with E-state index in [4.69, 9.17) is 5.11 Å². The summed E-state index contributed by atoms with van der Waals surface area (Å²) in [5, 5.41) is 29.2. The number of carbonyl (C=O) groups is 1. The summed E-state index contributed by atoms with van der Waals surface area (Å²) in [5.74, 6) is 6.40. The summed E-state index contributed by atoms with van der Waals surface area (Å²) in [5.41, 5.74) is 1.34. The number of aliphatic carboxylic acids is 1. The third-order valence-electron chi connectivity index (χ3n) is 5.83. The smallest absolute Gasteiger partial charge is 0.303 e. The Hall–Kier alpha value is -1.31. The fourth-order valence-corrected chi connectivity index (χ4v) is 4.46. The van der Waals surface area contributed by atoms with Crippen LogP contribution >= 0.6 is 0 Å². The van der Waals surface area contributed by atoms with Crippen LogP contribution in [0.2, 0.25) is 0 Å². The largest absolute Gasteiger partial charge is 0.481 e. The standard InChI is InChI=1S/C21H32O4/c1-3-4-5-7-15(22)10-11-18-19(23)13-12-17-16(14(2)21(17)18)8-6-9-20(24)25/h8,14-15,17-19,21-23H,3-7,9,12-13H2,1-2H3,(H,24,25)/b16-8-/t14?,15?,17-,18+,19-,21+/m0/s1. The summed E-state index contributed by atoms with van der Waals surface area (Å²) in [6.45, 7) is 4.29. The van der Waals surface area contributed by atoms with Gasteiger partial charge in [-0.1, -0.05) is 50.2 Å². The maximum Gasteiger partial charge on any atom is 0.303 e. The van der Waals surface area contributed by atoms with Crippen molar-refractivity contribution in [1.29, 1.82) is 0 Å². The monoisotopic (exact) mass is 348 g/mol. The molecule has 0 heterocycles. The highest BCUT2D eigenvalue weighted by Crippen LogP contribution is 2.55. The van der Waals surface area contributed by atoms with Gasteiger partial charge in [-0.2, -0.15) is 0 Å². The van der Waals surface area contributed by atoms with Crippen molar-refractivity contribution in [3.05, 3.63) is 11.6 Å². The molecule has 2 fully saturated rings. The third-order valence-corrected chi connectivity index (χ3v) is 5.83. The van der Waals surface area contributed by atoms with E-state index in [1.54, 1.807) is 0 Å². The summed E-state index contributed by atoms with van der Waals surface area (Å²) >= 11 is 0. The molecule has 3 N–H and O–H groups in total. The number of aliphatic hydroxyl groups excluding tert-OH is 2. The minimum atomic E-state index is -0.764. The predicted octanol–water partition coefficient (Wildman–Crippen LogP) is 3.38. The molecule has 0 aliphatic heterocycles. The summed E-state index contributed by atoms with van der Waals surface area (Å²) in [4.78, 5) is 10.7. The van der Waals surface area contributed by atoms with E-state index >= 15 is 0 Å². The predicted molar refractivity (Wildman–Crippen MR) is 97.8 cm³/mol. The quantitative estimate of drug-likeness (QED) is 0.374. The van der Waals surface area contributed by atoms with Crippen LogP contribution in [-0.2, 0) is 4.79 Å². The Kier molecular flexibility index (Phi) is 7.53. The van der Waals surface area contributed by atoms with Crippen LogP contribution < -0.4 is 0 Å². The fraction of sp³-hybridized carbons (Fsp3) is 0.762. The average Bonchev–Trinajstić information content (AvgIpc) is 2.57. The number of hydrogen-bond donors (Lipinski definition) is 3. The van der Waals surface area contributed by atoms with Gasteiger partial charge in [0.1, 0.15) is 6.10 Å². The van der Waals surface area contributed by atoms with E-state index in [0.29, 0.717) is 30.6 Å². The van der Waals surface area contributed by atoms with Gasteiger partial charge in [-0.3, -0.25) is 4.79 Å². The Labute approximate surface area is 151 Å². The molecule has 2 aliphatic carbocycles. The van der Waals surface area contributed by atoms with Gasteiger partial charge in [0, 0.05) is 6.42 Å². The molecule has 6 atom stereocenters. The van der Waals surface area contributed by atoms with E-state index in [1.807, 2.05) is 0 Å². The zero-order valence-corrected chi connectivity index (χ0v) is 15.4. The molecule has 2 unspecified atom stereocenters. The molecule has 4 nitrogen and oxygen atoms in total. The first kappa shape index (κ1) is 20.0. The van der Waals surface area contributed by atoms with E-state index in [0.717, 1.165) is 32.1 Å². The minimum Gasteiger partial charge on any atom is -0.481 e. The molecule has 0 amide bonds. The van der Waals surface area contributed by atoms with Gasteiger partial charge in [-0.15, -0.1) is 0 Å². The molecule has 2 saturated carbocycles. The lowest BCUT2D eigenvalue weighted by atomic mass is 9.51. The van der Waals surface area contributed by atoms with Crippen LogP contribution in [0.25, 0.3) is 0 Å². The SMILES string of the molecule is CCCCCC(O)C#C[C@H]1[C@@H]2C(C)/C(=C/CCC(=O)O)[C@@H]2CC[C@@H]1O. The number of carboxylic acids is 1. The molecule has 0 aromatic rings. The minimum absolute atomic E-state index is 0.0776. The lowest BCUT2D eigenvalue weighted by Gasteiger charge is -2.53. The molecular formula is C21H32O4. The summed E-state index contributed by atoms with van der Waals surface area (Å²) in [7, 11) is 0. The van der Waals surface area contributed by atoms with Crippen LogP contribution in [0.4, 0.5) is 0 Å². The van der Waals surface area contributed by atoms with Crippen LogP contribution in [0.1, 0.15) is 65.2 Å². The Morgan fingerprint density at radius 1 is 1.36 bits per heavy atom. The Balaban J connectivity index is 1.97. The summed E-state index contributed by atoms with van der Waals surface area (Å²) in [6.07, 6.45) is 7.42. The molecular weight excluding hydrogens is 316 g/mol. The van der Waals surface area contributed by atoms with Gasteiger partial charge < -0.3 is 15.3 Å². The molecule has 0 spiro atoms. The highest BCUT2D eigenvalue weighted by molar-refractivity contribution is 5.66. The van der Waals surface area contributed by atoms with Crippen molar-refractivity contribution in [2.24, 2.45) is 23.7 Å². The van der Waals surface area contributed by atoms with Gasteiger partial charge in [0.05, 0.1) is 12.0 Å². The van der Waals surface area contributed by atoms with Gasteiger partial charge in [-0.05, 0) is 49.9 Å². The Morgan fingerprint density at radius 2 is 2.12 bits per heavy atom. The van der Waals surface area contributed by atoms with E-state index in [-0.39, 0.29) is 12.3 Å². The van der Waals surface area contributed by atoms with Gasteiger partial charge in [0.2, 0.25) is 0 Å². The molecule has 0 radical (unpaired) electrons. The molecule has 0 aromatic heterocycles. The van der Waals surface area contributed by atoms with Crippen LogP contribution in [0, 0.1) is 35.5 Å². The highest BCUT2D eigenvalue weighted by Gasteiger charge is 2.50. The first-order valence-electron chi connectivity index (χ1n) is 9.74. The van der Waals surface area contributed by atoms with E-state index in [9.17, 15) is 15.0 Å². The van der Waals surface area contributed by atoms with Crippen LogP contribution in [0.5, 0.6) is 0 Å². The number of carboxylic acid groups (broad SMARTS) is 1. The van der Waals surface area contributed by atoms with Crippen molar-refractivity contribution in [3.8, 4) is 11.8 Å². The lowest BCUT2D eigenvalue weighted by molar-refractivity contribution is -0.136. The van der Waals surface area contributed by atoms with E-state index in [1.165, 1.54) is 5.57 Å². The molecule has 0 saturated heterocycles. The normalized spacial score (nSPS) is 33.8. The Morgan fingerprint density at radius 3 is 2.80 bits per heavy atom. The molecule has 140 valence electrons. The maximum absolute atomic E-state index is 10.7. The second-order valence-corrected chi connectivity index (χ2v) is 7.58. The molecule has 0 bridgehead atoms. The number of hydrogen-bond acceptors (Lipinski definition) is 3. The van der Waals surface area contributed by atoms with Gasteiger partial charge in [0.15, 0.2) is 0 Å². The van der Waals surface area contributed by atoms with Crippen LogP contribution in [0.15, 0.2) is 11.6 Å². The number of fused-ring (bicyclic) bond motifs is 1. The van der Waals surface area contributed by atoms with Crippen molar-refractivity contribution in [2.75, 3.05) is 0 Å². The van der Waals surface area contributed by atoms with Crippen molar-refractivity contribution in [3.63, 3.8) is 0 Å². The summed E-state index contributed by atoms with van der Waals surface area (Å²) in [6, 6.07) is 0. The van der Waals surface area contributed by atoms with Crippen molar-refractivity contribution in [2.45, 2.75) is 77.4 Å². The first-order chi connectivity index (χ1) is 12.0. The fourth-order valence-electron chi connectivity index (χ4n) is 4.46. The molecule has 25 heavy (non-hydrogen) atoms. The topological polar surface area (TPSA) is 77.8 Å². The highest BCUT2D eigenvalue weighted by atomic mass is 16.4. The van der Waals surface area contributed by atoms with Gasteiger partial charge in [0.25, 0.3) is 0 Å². The molecule has 0 aromatic carbocycles. The summed E-state index contributed by atoms with van der Waals surface area (Å²) < 4.78 is 0. The molecule has 4 heteroatoms. The maximum atomic E-state index is 10.7. The lowest BCUT2D eigenvalue weighted by Crippen LogP contribution is -2.50. The molecule has 2 aliphatic rings. The van der Waals surface area contributed by atoms with E-state index < -0.39 is 18.2 Å². The van der Waals surface area contributed by atoms with Gasteiger partial charge in [-0.25, -0.2) is 0 Å². The third kappa shape index (κ3) is 5.09. The van der Waals surface area contributed by atoms with Crippen LogP contribution in [-0.4, -0.2) is 33.5 Å². The van der Waals surface area contributed by atoms with Crippen LogP contribution in [0.3, 0.4) is 0 Å². The van der Waals surface area contributed by atoms with Gasteiger partial charge >= 0.3 is 5.97 Å². The average molecular weight is 348 g/mol. The number of unbranched alkanes of at least 4 members (excludes halogenated alkanes) is 2. The number of rotatable bonds is 7. The first-order valence-corrected chi connectivity index (χ1v) is 9.74. The van der Waals surface area contributed by atoms with E-state index in [2.05, 4.69) is 31.8 Å². The van der Waals surface area contributed by atoms with Crippen molar-refractivity contribution in [1.82, 2.24) is 0 Å². The second-order valence-electron chi connectivity index (χ2n) is 7.58. The van der Waals surface area contributed by atoms with Crippen molar-refractivity contribution >= 4 is 5.97 Å². The number of aliphatic hydroxyl groups is 2. The number of allylic oxidation sites excluding steroid dienone is 2. The zero-order valence-electron chi connectivity index (χ0n) is 15.4.